The van der Waals surface area contributed by atoms with E-state index in [1.807, 2.05) is 21.8 Å². The molecule has 0 aromatic carbocycles. The zero-order valence-electron chi connectivity index (χ0n) is 11.0. The van der Waals surface area contributed by atoms with Crippen LogP contribution in [-0.2, 0) is 11.3 Å². The van der Waals surface area contributed by atoms with E-state index in [1.54, 1.807) is 6.20 Å². The van der Waals surface area contributed by atoms with Crippen molar-refractivity contribution >= 4 is 5.91 Å². The van der Waals surface area contributed by atoms with Crippen LogP contribution >= 0.6 is 0 Å². The van der Waals surface area contributed by atoms with Gasteiger partial charge in [0, 0.05) is 37.9 Å². The molecule has 1 fully saturated rings. The molecule has 1 atom stereocenters. The van der Waals surface area contributed by atoms with Gasteiger partial charge in [0.1, 0.15) is 0 Å². The van der Waals surface area contributed by atoms with Crippen LogP contribution < -0.4 is 5.32 Å². The minimum Gasteiger partial charge on any atom is -0.343 e. The first-order valence-corrected chi connectivity index (χ1v) is 6.74. The van der Waals surface area contributed by atoms with Crippen molar-refractivity contribution in [3.63, 3.8) is 0 Å². The van der Waals surface area contributed by atoms with Crippen molar-refractivity contribution in [2.24, 2.45) is 0 Å². The molecule has 5 nitrogen and oxygen atoms in total. The Bertz CT molecular complexity index is 363. The van der Waals surface area contributed by atoms with Crippen molar-refractivity contribution in [3.8, 4) is 0 Å². The largest absolute Gasteiger partial charge is 0.343 e. The maximum atomic E-state index is 11.4. The number of carbonyl (C=O) groups is 1. The number of likely N-dealkylation sites (tertiary alicyclic amines) is 1. The summed E-state index contributed by atoms with van der Waals surface area (Å²) in [6, 6.07) is 2.34. The molecule has 1 N–H and O–H groups in total. The van der Waals surface area contributed by atoms with Crippen molar-refractivity contribution in [2.45, 2.75) is 38.8 Å². The highest BCUT2D eigenvalue weighted by Gasteiger charge is 2.18. The lowest BCUT2D eigenvalue weighted by atomic mass is 10.3. The molecule has 0 unspecified atom stereocenters. The van der Waals surface area contributed by atoms with E-state index in [4.69, 9.17) is 0 Å². The number of nitrogens with one attached hydrogen (secondary N) is 1. The SMILES string of the molecule is C[C@H](Cn1cccn1)NCCCN1CCCC1=O. The quantitative estimate of drug-likeness (QED) is 0.731. The van der Waals surface area contributed by atoms with Crippen LogP contribution in [0.25, 0.3) is 0 Å². The number of hydrogen-bond acceptors (Lipinski definition) is 3. The molecule has 1 amide bonds. The Morgan fingerprint density at radius 3 is 3.11 bits per heavy atom. The highest BCUT2D eigenvalue weighted by Crippen LogP contribution is 2.09. The maximum absolute atomic E-state index is 11.4. The third-order valence-corrected chi connectivity index (χ3v) is 3.29. The average Bonchev–Trinajstić information content (AvgIpc) is 2.97. The van der Waals surface area contributed by atoms with E-state index < -0.39 is 0 Å². The van der Waals surface area contributed by atoms with E-state index in [1.165, 1.54) is 0 Å². The molecule has 18 heavy (non-hydrogen) atoms. The summed E-state index contributed by atoms with van der Waals surface area (Å²) in [5.41, 5.74) is 0. The number of amides is 1. The van der Waals surface area contributed by atoms with Crippen molar-refractivity contribution in [1.29, 1.82) is 0 Å². The number of nitrogens with zero attached hydrogens (tertiary/aromatic N) is 3. The second kappa shape index (κ2) is 6.54. The van der Waals surface area contributed by atoms with Gasteiger partial charge in [0.25, 0.3) is 0 Å². The van der Waals surface area contributed by atoms with Gasteiger partial charge in [-0.25, -0.2) is 0 Å². The van der Waals surface area contributed by atoms with Crippen LogP contribution in [0.4, 0.5) is 0 Å². The topological polar surface area (TPSA) is 50.2 Å². The smallest absolute Gasteiger partial charge is 0.222 e. The van der Waals surface area contributed by atoms with Crippen LogP contribution in [0.5, 0.6) is 0 Å². The number of aromatic nitrogens is 2. The maximum Gasteiger partial charge on any atom is 0.222 e. The van der Waals surface area contributed by atoms with Gasteiger partial charge in [0.05, 0.1) is 6.54 Å². The lowest BCUT2D eigenvalue weighted by Crippen LogP contribution is -2.34. The van der Waals surface area contributed by atoms with Crippen LogP contribution in [0.15, 0.2) is 18.5 Å². The lowest BCUT2D eigenvalue weighted by molar-refractivity contribution is -0.127. The fourth-order valence-corrected chi connectivity index (χ4v) is 2.31. The normalized spacial score (nSPS) is 17.4. The average molecular weight is 250 g/mol. The molecular weight excluding hydrogens is 228 g/mol. The summed E-state index contributed by atoms with van der Waals surface area (Å²) < 4.78 is 1.93. The van der Waals surface area contributed by atoms with Gasteiger partial charge in [-0.2, -0.15) is 5.10 Å². The van der Waals surface area contributed by atoms with E-state index >= 15 is 0 Å². The first kappa shape index (κ1) is 13.1. The van der Waals surface area contributed by atoms with Gasteiger partial charge in [-0.15, -0.1) is 0 Å². The standard InChI is InChI=1S/C13H22N4O/c1-12(11-17-10-4-7-15-17)14-6-3-9-16-8-2-5-13(16)18/h4,7,10,12,14H,2-3,5-6,8-9,11H2,1H3/t12-/m1/s1. The van der Waals surface area contributed by atoms with E-state index in [9.17, 15) is 4.79 Å². The summed E-state index contributed by atoms with van der Waals surface area (Å²) in [5, 5.41) is 7.64. The Labute approximate surface area is 108 Å². The molecule has 0 saturated carbocycles. The van der Waals surface area contributed by atoms with E-state index in [2.05, 4.69) is 17.3 Å². The highest BCUT2D eigenvalue weighted by molar-refractivity contribution is 5.77. The summed E-state index contributed by atoms with van der Waals surface area (Å²) in [7, 11) is 0. The molecule has 2 heterocycles. The van der Waals surface area contributed by atoms with Gasteiger partial charge in [-0.05, 0) is 32.4 Å². The molecule has 1 aliphatic rings. The summed E-state index contributed by atoms with van der Waals surface area (Å²) in [6.45, 7) is 5.83. The highest BCUT2D eigenvalue weighted by atomic mass is 16.2. The number of rotatable bonds is 7. The molecule has 2 rings (SSSR count). The third-order valence-electron chi connectivity index (χ3n) is 3.29. The molecule has 1 aromatic heterocycles. The zero-order valence-corrected chi connectivity index (χ0v) is 11.0. The number of hydrogen-bond donors (Lipinski definition) is 1. The Morgan fingerprint density at radius 1 is 1.56 bits per heavy atom. The summed E-state index contributed by atoms with van der Waals surface area (Å²) >= 11 is 0. The van der Waals surface area contributed by atoms with Crippen molar-refractivity contribution in [1.82, 2.24) is 20.0 Å². The molecule has 0 bridgehead atoms. The Morgan fingerprint density at radius 2 is 2.44 bits per heavy atom. The molecule has 1 aromatic rings. The third kappa shape index (κ3) is 3.84. The Hall–Kier alpha value is -1.36. The Balaban J connectivity index is 1.56. The molecule has 1 aliphatic heterocycles. The molecule has 1 saturated heterocycles. The Kier molecular flexibility index (Phi) is 4.75. The van der Waals surface area contributed by atoms with Crippen LogP contribution in [0.2, 0.25) is 0 Å². The van der Waals surface area contributed by atoms with Crippen LogP contribution in [0.3, 0.4) is 0 Å². The fraction of sp³-hybridized carbons (Fsp3) is 0.692. The predicted octanol–water partition coefficient (Wildman–Crippen LogP) is 0.874. The first-order valence-electron chi connectivity index (χ1n) is 6.74. The van der Waals surface area contributed by atoms with Crippen molar-refractivity contribution in [2.75, 3.05) is 19.6 Å². The second-order valence-corrected chi connectivity index (χ2v) is 4.92. The van der Waals surface area contributed by atoms with Gasteiger partial charge in [0.15, 0.2) is 0 Å². The molecule has 0 aliphatic carbocycles. The van der Waals surface area contributed by atoms with Crippen LogP contribution in [0.1, 0.15) is 26.2 Å². The molecule has 5 heteroatoms. The molecular formula is C13H22N4O. The second-order valence-electron chi connectivity index (χ2n) is 4.92. The van der Waals surface area contributed by atoms with E-state index in [0.29, 0.717) is 11.9 Å². The summed E-state index contributed by atoms with van der Waals surface area (Å²) in [5.74, 6) is 0.319. The van der Waals surface area contributed by atoms with Gasteiger partial charge in [-0.3, -0.25) is 9.48 Å². The van der Waals surface area contributed by atoms with Gasteiger partial charge in [0.2, 0.25) is 5.91 Å². The zero-order chi connectivity index (χ0) is 12.8. The van der Waals surface area contributed by atoms with Gasteiger partial charge in [-0.1, -0.05) is 0 Å². The first-order chi connectivity index (χ1) is 8.75. The molecule has 0 radical (unpaired) electrons. The number of carbonyl (C=O) groups excluding carboxylic acids is 1. The van der Waals surface area contributed by atoms with Crippen molar-refractivity contribution in [3.05, 3.63) is 18.5 Å². The summed E-state index contributed by atoms with van der Waals surface area (Å²) in [6.07, 6.45) is 6.56. The van der Waals surface area contributed by atoms with E-state index in [-0.39, 0.29) is 0 Å². The van der Waals surface area contributed by atoms with Gasteiger partial charge >= 0.3 is 0 Å². The monoisotopic (exact) mass is 250 g/mol. The van der Waals surface area contributed by atoms with Crippen molar-refractivity contribution < 1.29 is 4.79 Å². The van der Waals surface area contributed by atoms with Gasteiger partial charge < -0.3 is 10.2 Å². The van der Waals surface area contributed by atoms with E-state index in [0.717, 1.165) is 45.4 Å². The minimum absolute atomic E-state index is 0.319. The van der Waals surface area contributed by atoms with Crippen LogP contribution in [-0.4, -0.2) is 46.3 Å². The lowest BCUT2D eigenvalue weighted by Gasteiger charge is -2.17. The summed E-state index contributed by atoms with van der Waals surface area (Å²) in [4.78, 5) is 13.4. The fourth-order valence-electron chi connectivity index (χ4n) is 2.31. The molecule has 0 spiro atoms. The predicted molar refractivity (Wildman–Crippen MR) is 70.1 cm³/mol. The van der Waals surface area contributed by atoms with Crippen LogP contribution in [0, 0.1) is 0 Å². The molecule has 100 valence electrons. The minimum atomic E-state index is 0.319.